The Morgan fingerprint density at radius 1 is 1.24 bits per heavy atom. The monoisotopic (exact) mass is 490 g/mol. The first-order chi connectivity index (χ1) is 15.6. The Labute approximate surface area is 199 Å². The van der Waals surface area contributed by atoms with Crippen LogP contribution in [0.5, 0.6) is 0 Å². The van der Waals surface area contributed by atoms with E-state index < -0.39 is 16.0 Å². The Kier molecular flexibility index (Phi) is 8.10. The molecule has 3 rings (SSSR count). The zero-order chi connectivity index (χ0) is 24.2. The van der Waals surface area contributed by atoms with Gasteiger partial charge < -0.3 is 9.64 Å². The van der Waals surface area contributed by atoms with Crippen molar-refractivity contribution in [1.29, 1.82) is 0 Å². The number of methoxy groups -OCH3 is 1. The first-order valence-corrected chi connectivity index (χ1v) is 13.1. The summed E-state index contributed by atoms with van der Waals surface area (Å²) in [6, 6.07) is 9.63. The van der Waals surface area contributed by atoms with Crippen LogP contribution in [0.4, 0.5) is 0 Å². The minimum Gasteiger partial charge on any atom is -0.465 e. The molecule has 0 spiro atoms. The zero-order valence-electron chi connectivity index (χ0n) is 19.4. The summed E-state index contributed by atoms with van der Waals surface area (Å²) < 4.78 is 33.1. The molecule has 178 valence electrons. The average Bonchev–Trinajstić information content (AvgIpc) is 3.20. The summed E-state index contributed by atoms with van der Waals surface area (Å²) in [7, 11) is -1.15. The zero-order valence-corrected chi connectivity index (χ0v) is 21.0. The van der Waals surface area contributed by atoms with E-state index in [1.54, 1.807) is 11.0 Å². The van der Waals surface area contributed by atoms with Gasteiger partial charge in [-0.1, -0.05) is 50.3 Å². The van der Waals surface area contributed by atoms with Gasteiger partial charge in [-0.2, -0.15) is 4.31 Å². The highest BCUT2D eigenvalue weighted by atomic mass is 32.2. The number of fused-ring (bicyclic) bond motifs is 1. The van der Waals surface area contributed by atoms with E-state index in [0.717, 1.165) is 16.9 Å². The van der Waals surface area contributed by atoms with Crippen molar-refractivity contribution < 1.29 is 22.7 Å². The molecule has 1 aliphatic heterocycles. The molecule has 0 N–H and O–H groups in total. The number of ether oxygens (including phenoxy) is 1. The molecule has 0 unspecified atom stereocenters. The van der Waals surface area contributed by atoms with E-state index in [1.165, 1.54) is 18.5 Å². The van der Waals surface area contributed by atoms with Crippen LogP contribution < -0.4 is 0 Å². The molecule has 0 atom stereocenters. The third kappa shape index (κ3) is 5.72. The number of carbonyl (C=O) groups is 2. The van der Waals surface area contributed by atoms with E-state index in [2.05, 4.69) is 0 Å². The highest BCUT2D eigenvalue weighted by Gasteiger charge is 2.36. The van der Waals surface area contributed by atoms with Gasteiger partial charge in [-0.05, 0) is 36.0 Å². The maximum atomic E-state index is 13.4. The minimum atomic E-state index is -3.91. The molecule has 2 heterocycles. The summed E-state index contributed by atoms with van der Waals surface area (Å²) in [6.45, 7) is 4.95. The van der Waals surface area contributed by atoms with Gasteiger partial charge in [0.15, 0.2) is 0 Å². The molecule has 2 aromatic rings. The van der Waals surface area contributed by atoms with Crippen LogP contribution in [0.25, 0.3) is 0 Å². The molecular weight excluding hydrogens is 460 g/mol. The minimum absolute atomic E-state index is 0.0121. The van der Waals surface area contributed by atoms with Crippen LogP contribution in [0.3, 0.4) is 0 Å². The predicted octanol–water partition coefficient (Wildman–Crippen LogP) is 3.49. The van der Waals surface area contributed by atoms with Crippen molar-refractivity contribution in [1.82, 2.24) is 9.21 Å². The van der Waals surface area contributed by atoms with E-state index >= 15 is 0 Å². The molecule has 0 saturated heterocycles. The van der Waals surface area contributed by atoms with Gasteiger partial charge in [0.25, 0.3) is 10.0 Å². The molecule has 7 nitrogen and oxygen atoms in total. The molecule has 0 bridgehead atoms. The molecule has 1 aliphatic rings. The van der Waals surface area contributed by atoms with E-state index in [4.69, 9.17) is 4.74 Å². The number of benzene rings is 1. The van der Waals surface area contributed by atoms with Crippen molar-refractivity contribution >= 4 is 33.2 Å². The van der Waals surface area contributed by atoms with Crippen molar-refractivity contribution in [2.45, 2.75) is 37.4 Å². The smallest absolute Gasteiger partial charge is 0.340 e. The molecule has 0 radical (unpaired) electrons. The van der Waals surface area contributed by atoms with Gasteiger partial charge in [0, 0.05) is 25.0 Å². The van der Waals surface area contributed by atoms with Crippen molar-refractivity contribution in [3.8, 4) is 0 Å². The Morgan fingerprint density at radius 3 is 2.58 bits per heavy atom. The quantitative estimate of drug-likeness (QED) is 0.418. The van der Waals surface area contributed by atoms with Crippen LogP contribution in [0.2, 0.25) is 0 Å². The van der Waals surface area contributed by atoms with Crippen molar-refractivity contribution in [3.05, 3.63) is 64.1 Å². The maximum Gasteiger partial charge on any atom is 0.340 e. The Morgan fingerprint density at radius 2 is 1.94 bits per heavy atom. The van der Waals surface area contributed by atoms with Gasteiger partial charge in [0.1, 0.15) is 4.21 Å². The standard InChI is InChI=1S/C24H30N2O5S2/c1-17(2)10-11-21(27)26-15-13-19-20(16-26)32-24(22(19)23(28)31-4)33(29,30)25(3)14-12-18-8-6-5-7-9-18/h5-11,17H,12-16H2,1-4H3. The predicted molar refractivity (Wildman–Crippen MR) is 129 cm³/mol. The van der Waals surface area contributed by atoms with Crippen molar-refractivity contribution in [2.75, 3.05) is 27.2 Å². The second-order valence-corrected chi connectivity index (χ2v) is 11.7. The molecule has 0 fully saturated rings. The lowest BCUT2D eigenvalue weighted by Gasteiger charge is -2.26. The average molecular weight is 491 g/mol. The lowest BCUT2D eigenvalue weighted by atomic mass is 10.0. The first-order valence-electron chi connectivity index (χ1n) is 10.8. The van der Waals surface area contributed by atoms with Gasteiger partial charge in [0.05, 0.1) is 19.2 Å². The molecule has 1 aromatic carbocycles. The lowest BCUT2D eigenvalue weighted by Crippen LogP contribution is -2.34. The number of likely N-dealkylation sites (N-methyl/N-ethyl adjacent to an activating group) is 1. The Balaban J connectivity index is 1.89. The van der Waals surface area contributed by atoms with Gasteiger partial charge in [-0.15, -0.1) is 11.3 Å². The molecular formula is C24H30N2O5S2. The number of rotatable bonds is 8. The largest absolute Gasteiger partial charge is 0.465 e. The van der Waals surface area contributed by atoms with Crippen LogP contribution in [-0.2, 0) is 38.9 Å². The summed E-state index contributed by atoms with van der Waals surface area (Å²) in [5.74, 6) is -0.529. The van der Waals surface area contributed by atoms with Gasteiger partial charge in [0.2, 0.25) is 5.91 Å². The number of allylic oxidation sites excluding steroid dienone is 1. The number of amides is 1. The summed E-state index contributed by atoms with van der Waals surface area (Å²) in [6.07, 6.45) is 4.35. The van der Waals surface area contributed by atoms with Crippen molar-refractivity contribution in [2.24, 2.45) is 5.92 Å². The van der Waals surface area contributed by atoms with Crippen LogP contribution >= 0.6 is 11.3 Å². The van der Waals surface area contributed by atoms with Crippen LogP contribution in [0, 0.1) is 5.92 Å². The fraction of sp³-hybridized carbons (Fsp3) is 0.417. The van der Waals surface area contributed by atoms with Crippen LogP contribution in [0.15, 0.2) is 46.7 Å². The second-order valence-electron chi connectivity index (χ2n) is 8.33. The first kappa shape index (κ1) is 25.1. The van der Waals surface area contributed by atoms with E-state index in [1.807, 2.05) is 50.3 Å². The van der Waals surface area contributed by atoms with Crippen molar-refractivity contribution in [3.63, 3.8) is 0 Å². The molecule has 1 aromatic heterocycles. The maximum absolute atomic E-state index is 13.4. The Bertz CT molecular complexity index is 1140. The number of nitrogens with zero attached hydrogens (tertiary/aromatic N) is 2. The van der Waals surface area contributed by atoms with E-state index in [9.17, 15) is 18.0 Å². The fourth-order valence-corrected chi connectivity index (χ4v) is 6.89. The van der Waals surface area contributed by atoms with Gasteiger partial charge in [-0.3, -0.25) is 4.79 Å². The third-order valence-electron chi connectivity index (χ3n) is 5.55. The second kappa shape index (κ2) is 10.6. The van der Waals surface area contributed by atoms with E-state index in [-0.39, 0.29) is 34.7 Å². The van der Waals surface area contributed by atoms with Gasteiger partial charge in [-0.25, -0.2) is 13.2 Å². The molecule has 9 heteroatoms. The molecule has 1 amide bonds. The third-order valence-corrected chi connectivity index (χ3v) is 9.12. The molecule has 0 saturated carbocycles. The number of esters is 1. The van der Waals surface area contributed by atoms with Gasteiger partial charge >= 0.3 is 5.97 Å². The molecule has 33 heavy (non-hydrogen) atoms. The lowest BCUT2D eigenvalue weighted by molar-refractivity contribution is -0.126. The number of carbonyl (C=O) groups excluding carboxylic acids is 2. The summed E-state index contributed by atoms with van der Waals surface area (Å²) in [4.78, 5) is 27.5. The summed E-state index contributed by atoms with van der Waals surface area (Å²) in [5.41, 5.74) is 1.80. The normalized spacial score (nSPS) is 14.2. The summed E-state index contributed by atoms with van der Waals surface area (Å²) >= 11 is 1.06. The number of thiophene rings is 1. The van der Waals surface area contributed by atoms with Crippen LogP contribution in [-0.4, -0.2) is 56.7 Å². The number of hydrogen-bond donors (Lipinski definition) is 0. The topological polar surface area (TPSA) is 84.0 Å². The fourth-order valence-electron chi connectivity index (χ4n) is 3.63. The van der Waals surface area contributed by atoms with Crippen LogP contribution in [0.1, 0.15) is 40.2 Å². The van der Waals surface area contributed by atoms with E-state index in [0.29, 0.717) is 29.8 Å². The SMILES string of the molecule is COC(=O)c1c(S(=O)(=O)N(C)CCc2ccccc2)sc2c1CCN(C(=O)C=CC(C)C)C2. The Hall–Kier alpha value is -2.49. The highest BCUT2D eigenvalue weighted by Crippen LogP contribution is 2.38. The summed E-state index contributed by atoms with van der Waals surface area (Å²) in [5, 5.41) is 0. The number of sulfonamides is 1. The number of hydrogen-bond acceptors (Lipinski definition) is 6. The highest BCUT2D eigenvalue weighted by molar-refractivity contribution is 7.91. The molecule has 0 aliphatic carbocycles.